The highest BCUT2D eigenvalue weighted by molar-refractivity contribution is 14.0. The molecule has 0 saturated carbocycles. The summed E-state index contributed by atoms with van der Waals surface area (Å²) in [7, 11) is 3.78. The van der Waals surface area contributed by atoms with E-state index in [9.17, 15) is 0 Å². The molecule has 3 rings (SSSR count). The van der Waals surface area contributed by atoms with Gasteiger partial charge in [-0.3, -0.25) is 9.67 Å². The highest BCUT2D eigenvalue weighted by Gasteiger charge is 2.21. The molecule has 0 aliphatic carbocycles. The molecule has 26 heavy (non-hydrogen) atoms. The molecule has 1 unspecified atom stereocenters. The lowest BCUT2D eigenvalue weighted by molar-refractivity contribution is 0.468. The number of aryl methyl sites for hydroxylation is 3. The summed E-state index contributed by atoms with van der Waals surface area (Å²) in [6.45, 7) is 6.91. The third kappa shape index (κ3) is 5.32. The Hall–Kier alpha value is -1.36. The number of hydrogen-bond acceptors (Lipinski definition) is 5. The van der Waals surface area contributed by atoms with Crippen molar-refractivity contribution < 1.29 is 0 Å². The van der Waals surface area contributed by atoms with Gasteiger partial charge < -0.3 is 15.5 Å². The molecule has 0 aromatic carbocycles. The summed E-state index contributed by atoms with van der Waals surface area (Å²) in [6.07, 6.45) is 6.32. The van der Waals surface area contributed by atoms with Gasteiger partial charge in [-0.1, -0.05) is 0 Å². The Morgan fingerprint density at radius 2 is 2.23 bits per heavy atom. The Morgan fingerprint density at radius 3 is 2.85 bits per heavy atom. The Morgan fingerprint density at radius 1 is 1.42 bits per heavy atom. The number of nitrogens with one attached hydrogen (secondary N) is 2. The number of hydrogen-bond donors (Lipinski definition) is 2. The molecule has 144 valence electrons. The molecule has 7 nitrogen and oxygen atoms in total. The maximum absolute atomic E-state index is 4.48. The van der Waals surface area contributed by atoms with Crippen molar-refractivity contribution in [3.8, 4) is 0 Å². The zero-order valence-electron chi connectivity index (χ0n) is 15.8. The molecule has 1 saturated heterocycles. The number of nitrogens with zero attached hydrogens (tertiary/aromatic N) is 5. The normalized spacial score (nSPS) is 17.8. The molecule has 1 atom stereocenters. The van der Waals surface area contributed by atoms with Crippen LogP contribution in [0.4, 0.5) is 5.69 Å². The van der Waals surface area contributed by atoms with Crippen LogP contribution in [0.15, 0.2) is 17.4 Å². The Bertz CT molecular complexity index is 739. The van der Waals surface area contributed by atoms with E-state index in [0.29, 0.717) is 6.04 Å². The number of halogens is 1. The van der Waals surface area contributed by atoms with Gasteiger partial charge in [0.05, 0.1) is 29.1 Å². The predicted octanol–water partition coefficient (Wildman–Crippen LogP) is 2.45. The molecule has 1 fully saturated rings. The molecule has 3 heterocycles. The van der Waals surface area contributed by atoms with Gasteiger partial charge >= 0.3 is 0 Å². The average molecular weight is 489 g/mol. The number of anilines is 1. The zero-order valence-corrected chi connectivity index (χ0v) is 19.0. The smallest absolute Gasteiger partial charge is 0.191 e. The summed E-state index contributed by atoms with van der Waals surface area (Å²) in [4.78, 5) is 12.5. The van der Waals surface area contributed by atoms with E-state index >= 15 is 0 Å². The van der Waals surface area contributed by atoms with Crippen LogP contribution < -0.4 is 15.5 Å². The Kier molecular flexibility index (Phi) is 7.69. The Labute approximate surface area is 176 Å². The second-order valence-corrected chi connectivity index (χ2v) is 7.76. The van der Waals surface area contributed by atoms with Crippen molar-refractivity contribution in [1.29, 1.82) is 0 Å². The number of aromatic nitrogens is 3. The molecule has 0 radical (unpaired) electrons. The summed E-state index contributed by atoms with van der Waals surface area (Å²) >= 11 is 1.74. The Balaban J connectivity index is 0.00000243. The minimum absolute atomic E-state index is 0. The number of thiazole rings is 1. The molecule has 0 amide bonds. The lowest BCUT2D eigenvalue weighted by Crippen LogP contribution is -2.51. The molecule has 0 spiro atoms. The van der Waals surface area contributed by atoms with Gasteiger partial charge in [0.15, 0.2) is 5.96 Å². The SMILES string of the molecule is CN=C(NCc1sc(C)nc1C)NC1CCCN(c2cnn(C)c2)C1.I. The van der Waals surface area contributed by atoms with E-state index in [-0.39, 0.29) is 24.0 Å². The van der Waals surface area contributed by atoms with Gasteiger partial charge in [0.2, 0.25) is 0 Å². The van der Waals surface area contributed by atoms with E-state index < -0.39 is 0 Å². The molecule has 2 aromatic rings. The maximum Gasteiger partial charge on any atom is 0.191 e. The fraction of sp³-hybridized carbons (Fsp3) is 0.588. The van der Waals surface area contributed by atoms with Crippen LogP contribution in [0.1, 0.15) is 28.4 Å². The molecular formula is C17H28IN7S. The first-order valence-corrected chi connectivity index (χ1v) is 9.50. The standard InChI is InChI=1S/C17H27N7S.HI/c1-12-16(25-13(2)21-12)9-19-17(18-3)22-14-6-5-7-24(10-14)15-8-20-23(4)11-15;/h8,11,14H,5-7,9-10H2,1-4H3,(H2,18,19,22);1H. The first kappa shape index (κ1) is 20.9. The molecule has 9 heteroatoms. The van der Waals surface area contributed by atoms with Gasteiger partial charge in [-0.15, -0.1) is 35.3 Å². The fourth-order valence-corrected chi connectivity index (χ4v) is 4.07. The summed E-state index contributed by atoms with van der Waals surface area (Å²) in [5.41, 5.74) is 2.29. The number of aliphatic imine (C=N–C) groups is 1. The molecule has 0 bridgehead atoms. The van der Waals surface area contributed by atoms with Crippen molar-refractivity contribution in [3.05, 3.63) is 28.0 Å². The van der Waals surface area contributed by atoms with Crippen LogP contribution in [-0.2, 0) is 13.6 Å². The third-order valence-electron chi connectivity index (χ3n) is 4.46. The van der Waals surface area contributed by atoms with Crippen LogP contribution in [-0.4, -0.2) is 46.9 Å². The lowest BCUT2D eigenvalue weighted by Gasteiger charge is -2.34. The largest absolute Gasteiger partial charge is 0.367 e. The zero-order chi connectivity index (χ0) is 17.8. The predicted molar refractivity (Wildman–Crippen MR) is 119 cm³/mol. The summed E-state index contributed by atoms with van der Waals surface area (Å²) in [6, 6.07) is 0.379. The van der Waals surface area contributed by atoms with E-state index in [0.717, 1.165) is 49.1 Å². The topological polar surface area (TPSA) is 70.4 Å². The van der Waals surface area contributed by atoms with Crippen LogP contribution in [0.3, 0.4) is 0 Å². The third-order valence-corrected chi connectivity index (χ3v) is 5.53. The summed E-state index contributed by atoms with van der Waals surface area (Å²) < 4.78 is 1.85. The van der Waals surface area contributed by atoms with E-state index in [1.807, 2.05) is 31.9 Å². The van der Waals surface area contributed by atoms with Crippen LogP contribution in [0.2, 0.25) is 0 Å². The number of guanidine groups is 1. The lowest BCUT2D eigenvalue weighted by atomic mass is 10.1. The summed E-state index contributed by atoms with van der Waals surface area (Å²) in [5, 5.41) is 12.4. The van der Waals surface area contributed by atoms with Crippen molar-refractivity contribution in [3.63, 3.8) is 0 Å². The molecular weight excluding hydrogens is 461 g/mol. The molecule has 2 N–H and O–H groups in total. The van der Waals surface area contributed by atoms with Gasteiger partial charge in [0, 0.05) is 44.3 Å². The van der Waals surface area contributed by atoms with Gasteiger partial charge in [-0.05, 0) is 26.7 Å². The van der Waals surface area contributed by atoms with Gasteiger partial charge in [0.25, 0.3) is 0 Å². The second-order valence-electron chi connectivity index (χ2n) is 6.47. The average Bonchev–Trinajstić information content (AvgIpc) is 3.17. The van der Waals surface area contributed by atoms with Crippen molar-refractivity contribution in [2.24, 2.45) is 12.0 Å². The van der Waals surface area contributed by atoms with E-state index in [2.05, 4.69) is 43.7 Å². The second kappa shape index (κ2) is 9.54. The van der Waals surface area contributed by atoms with Crippen molar-refractivity contribution in [2.75, 3.05) is 25.0 Å². The van der Waals surface area contributed by atoms with Gasteiger partial charge in [-0.25, -0.2) is 4.98 Å². The van der Waals surface area contributed by atoms with Crippen LogP contribution >= 0.6 is 35.3 Å². The number of rotatable bonds is 4. The van der Waals surface area contributed by atoms with Crippen molar-refractivity contribution >= 4 is 47.0 Å². The van der Waals surface area contributed by atoms with Crippen LogP contribution in [0, 0.1) is 13.8 Å². The van der Waals surface area contributed by atoms with Gasteiger partial charge in [0.1, 0.15) is 0 Å². The van der Waals surface area contributed by atoms with Crippen LogP contribution in [0.25, 0.3) is 0 Å². The van der Waals surface area contributed by atoms with E-state index in [1.165, 1.54) is 10.6 Å². The van der Waals surface area contributed by atoms with Crippen molar-refractivity contribution in [2.45, 2.75) is 39.3 Å². The van der Waals surface area contributed by atoms with E-state index in [1.54, 1.807) is 11.3 Å². The minimum Gasteiger partial charge on any atom is -0.367 e. The fourth-order valence-electron chi connectivity index (χ4n) is 3.19. The first-order chi connectivity index (χ1) is 12.0. The summed E-state index contributed by atoms with van der Waals surface area (Å²) in [5.74, 6) is 0.850. The first-order valence-electron chi connectivity index (χ1n) is 8.69. The minimum atomic E-state index is 0. The van der Waals surface area contributed by atoms with Gasteiger partial charge in [-0.2, -0.15) is 5.10 Å². The van der Waals surface area contributed by atoms with Crippen LogP contribution in [0.5, 0.6) is 0 Å². The molecule has 1 aliphatic rings. The monoisotopic (exact) mass is 489 g/mol. The highest BCUT2D eigenvalue weighted by atomic mass is 127. The molecule has 1 aliphatic heterocycles. The van der Waals surface area contributed by atoms with Crippen molar-refractivity contribution in [1.82, 2.24) is 25.4 Å². The maximum atomic E-state index is 4.48. The molecule has 2 aromatic heterocycles. The number of piperidine rings is 1. The quantitative estimate of drug-likeness (QED) is 0.393. The van der Waals surface area contributed by atoms with E-state index in [4.69, 9.17) is 0 Å². The highest BCUT2D eigenvalue weighted by Crippen LogP contribution is 2.19.